The van der Waals surface area contributed by atoms with Crippen molar-refractivity contribution in [2.75, 3.05) is 33.8 Å². The zero-order chi connectivity index (χ0) is 14.3. The summed E-state index contributed by atoms with van der Waals surface area (Å²) in [5.41, 5.74) is 0. The van der Waals surface area contributed by atoms with Crippen molar-refractivity contribution in [3.63, 3.8) is 0 Å². The van der Waals surface area contributed by atoms with E-state index >= 15 is 0 Å². The van der Waals surface area contributed by atoms with E-state index in [4.69, 9.17) is 4.74 Å². The van der Waals surface area contributed by atoms with Gasteiger partial charge in [0.25, 0.3) is 0 Å². The van der Waals surface area contributed by atoms with Gasteiger partial charge in [0, 0.05) is 24.0 Å². The van der Waals surface area contributed by atoms with E-state index in [1.807, 2.05) is 38.2 Å². The molecule has 0 aliphatic rings. The summed E-state index contributed by atoms with van der Waals surface area (Å²) in [6.45, 7) is 3.70. The number of hydrogen-bond acceptors (Lipinski definition) is 3. The van der Waals surface area contributed by atoms with E-state index in [-0.39, 0.29) is 24.2 Å². The molecular formula is C14H22BrClN2O2. The van der Waals surface area contributed by atoms with E-state index in [9.17, 15) is 4.79 Å². The van der Waals surface area contributed by atoms with Crippen LogP contribution in [0.1, 0.15) is 6.92 Å². The van der Waals surface area contributed by atoms with Crippen LogP contribution in [0.5, 0.6) is 5.75 Å². The number of carbonyl (C=O) groups is 1. The normalized spacial score (nSPS) is 11.4. The Morgan fingerprint density at radius 1 is 1.40 bits per heavy atom. The topological polar surface area (TPSA) is 41.6 Å². The molecule has 0 aliphatic carbocycles. The van der Waals surface area contributed by atoms with E-state index < -0.39 is 0 Å². The van der Waals surface area contributed by atoms with Crippen LogP contribution in [0, 0.1) is 5.92 Å². The first-order chi connectivity index (χ1) is 9.04. The molecule has 1 amide bonds. The molecule has 0 aliphatic heterocycles. The summed E-state index contributed by atoms with van der Waals surface area (Å²) in [6, 6.07) is 7.66. The fourth-order valence-electron chi connectivity index (χ4n) is 1.71. The Bertz CT molecular complexity index is 401. The Morgan fingerprint density at radius 3 is 2.55 bits per heavy atom. The Morgan fingerprint density at radius 2 is 2.00 bits per heavy atom. The average molecular weight is 366 g/mol. The number of rotatable bonds is 7. The number of hydrogen-bond donors (Lipinski definition) is 1. The standard InChI is InChI=1S/C14H21BrN2O2.ClH/c1-11(10-16-2)14(18)17(3)8-9-19-13-6-4-12(15)5-7-13;/h4-7,11,16H,8-10H2,1-3H3;1H. The van der Waals surface area contributed by atoms with Crippen molar-refractivity contribution in [2.24, 2.45) is 5.92 Å². The summed E-state index contributed by atoms with van der Waals surface area (Å²) >= 11 is 3.37. The highest BCUT2D eigenvalue weighted by Crippen LogP contribution is 2.15. The molecule has 20 heavy (non-hydrogen) atoms. The number of nitrogens with zero attached hydrogens (tertiary/aromatic N) is 1. The van der Waals surface area contributed by atoms with Gasteiger partial charge in [-0.2, -0.15) is 0 Å². The first-order valence-electron chi connectivity index (χ1n) is 6.32. The quantitative estimate of drug-likeness (QED) is 0.807. The van der Waals surface area contributed by atoms with Crippen molar-refractivity contribution in [2.45, 2.75) is 6.92 Å². The lowest BCUT2D eigenvalue weighted by molar-refractivity contribution is -0.133. The molecule has 0 bridgehead atoms. The molecule has 0 fully saturated rings. The van der Waals surface area contributed by atoms with E-state index in [2.05, 4.69) is 21.2 Å². The lowest BCUT2D eigenvalue weighted by Gasteiger charge is -2.21. The monoisotopic (exact) mass is 364 g/mol. The van der Waals surface area contributed by atoms with Gasteiger partial charge in [-0.1, -0.05) is 22.9 Å². The summed E-state index contributed by atoms with van der Waals surface area (Å²) in [4.78, 5) is 13.7. The van der Waals surface area contributed by atoms with E-state index in [0.29, 0.717) is 19.7 Å². The molecule has 1 aromatic carbocycles. The third-order valence-electron chi connectivity index (χ3n) is 2.82. The zero-order valence-corrected chi connectivity index (χ0v) is 14.5. The number of likely N-dealkylation sites (N-methyl/N-ethyl adjacent to an activating group) is 1. The molecule has 1 atom stereocenters. The number of nitrogens with one attached hydrogen (secondary N) is 1. The molecule has 114 valence electrons. The molecule has 0 aromatic heterocycles. The number of halogens is 2. The molecule has 0 saturated heterocycles. The highest BCUT2D eigenvalue weighted by molar-refractivity contribution is 9.10. The van der Waals surface area contributed by atoms with Gasteiger partial charge in [-0.05, 0) is 31.3 Å². The van der Waals surface area contributed by atoms with Crippen molar-refractivity contribution in [3.05, 3.63) is 28.7 Å². The first kappa shape index (κ1) is 19.2. The van der Waals surface area contributed by atoms with E-state index in [0.717, 1.165) is 10.2 Å². The molecule has 1 unspecified atom stereocenters. The minimum absolute atomic E-state index is 0. The number of benzene rings is 1. The Labute approximate surface area is 135 Å². The van der Waals surface area contributed by atoms with Gasteiger partial charge in [0.2, 0.25) is 5.91 Å². The fourth-order valence-corrected chi connectivity index (χ4v) is 1.98. The second-order valence-corrected chi connectivity index (χ2v) is 5.44. The molecule has 1 N–H and O–H groups in total. The minimum Gasteiger partial charge on any atom is -0.492 e. The van der Waals surface area contributed by atoms with Crippen LogP contribution in [0.25, 0.3) is 0 Å². The van der Waals surface area contributed by atoms with Crippen LogP contribution in [-0.4, -0.2) is 44.6 Å². The molecule has 6 heteroatoms. The minimum atomic E-state index is -0.0114. The third kappa shape index (κ3) is 6.59. The van der Waals surface area contributed by atoms with Gasteiger partial charge in [-0.25, -0.2) is 0 Å². The summed E-state index contributed by atoms with van der Waals surface area (Å²) in [7, 11) is 3.65. The van der Waals surface area contributed by atoms with E-state index in [1.165, 1.54) is 0 Å². The Hall–Kier alpha value is -0.780. The lowest BCUT2D eigenvalue weighted by atomic mass is 10.1. The van der Waals surface area contributed by atoms with Crippen molar-refractivity contribution < 1.29 is 9.53 Å². The number of carbonyl (C=O) groups excluding carboxylic acids is 1. The lowest BCUT2D eigenvalue weighted by Crippen LogP contribution is -2.38. The Balaban J connectivity index is 0.00000361. The highest BCUT2D eigenvalue weighted by atomic mass is 79.9. The molecule has 0 spiro atoms. The zero-order valence-electron chi connectivity index (χ0n) is 12.1. The second kappa shape index (κ2) is 10.0. The summed E-state index contributed by atoms with van der Waals surface area (Å²) in [6.07, 6.45) is 0. The summed E-state index contributed by atoms with van der Waals surface area (Å²) in [5, 5.41) is 3.01. The van der Waals surface area contributed by atoms with Crippen molar-refractivity contribution in [3.8, 4) is 5.75 Å². The van der Waals surface area contributed by atoms with Crippen LogP contribution in [0.15, 0.2) is 28.7 Å². The maximum Gasteiger partial charge on any atom is 0.226 e. The fraction of sp³-hybridized carbons (Fsp3) is 0.500. The smallest absolute Gasteiger partial charge is 0.226 e. The number of amides is 1. The summed E-state index contributed by atoms with van der Waals surface area (Å²) in [5.74, 6) is 0.934. The van der Waals surface area contributed by atoms with Gasteiger partial charge in [-0.3, -0.25) is 4.79 Å². The van der Waals surface area contributed by atoms with Crippen LogP contribution in [-0.2, 0) is 4.79 Å². The molecule has 1 aromatic rings. The molecule has 1 rings (SSSR count). The maximum atomic E-state index is 11.9. The van der Waals surface area contributed by atoms with Crippen molar-refractivity contribution in [1.82, 2.24) is 10.2 Å². The van der Waals surface area contributed by atoms with Crippen LogP contribution < -0.4 is 10.1 Å². The largest absolute Gasteiger partial charge is 0.492 e. The highest BCUT2D eigenvalue weighted by Gasteiger charge is 2.16. The molecule has 0 radical (unpaired) electrons. The average Bonchev–Trinajstić information content (AvgIpc) is 2.40. The van der Waals surface area contributed by atoms with Gasteiger partial charge in [0.05, 0.1) is 6.54 Å². The number of ether oxygens (including phenoxy) is 1. The maximum absolute atomic E-state index is 11.9. The van der Waals surface area contributed by atoms with Gasteiger partial charge >= 0.3 is 0 Å². The predicted octanol–water partition coefficient (Wildman–Crippen LogP) is 2.56. The molecule has 4 nitrogen and oxygen atoms in total. The SMILES string of the molecule is CNCC(C)C(=O)N(C)CCOc1ccc(Br)cc1.Cl. The van der Waals surface area contributed by atoms with Crippen molar-refractivity contribution in [1.29, 1.82) is 0 Å². The van der Waals surface area contributed by atoms with Crippen LogP contribution >= 0.6 is 28.3 Å². The van der Waals surface area contributed by atoms with Crippen LogP contribution in [0.4, 0.5) is 0 Å². The Kier molecular flexibility index (Phi) is 9.63. The van der Waals surface area contributed by atoms with Gasteiger partial charge < -0.3 is 15.0 Å². The third-order valence-corrected chi connectivity index (χ3v) is 3.35. The molecule has 0 heterocycles. The van der Waals surface area contributed by atoms with Crippen molar-refractivity contribution >= 4 is 34.2 Å². The first-order valence-corrected chi connectivity index (χ1v) is 7.12. The van der Waals surface area contributed by atoms with Gasteiger partial charge in [0.1, 0.15) is 12.4 Å². The van der Waals surface area contributed by atoms with E-state index in [1.54, 1.807) is 11.9 Å². The van der Waals surface area contributed by atoms with Gasteiger partial charge in [0.15, 0.2) is 0 Å². The second-order valence-electron chi connectivity index (χ2n) is 4.52. The van der Waals surface area contributed by atoms with Crippen LogP contribution in [0.3, 0.4) is 0 Å². The van der Waals surface area contributed by atoms with Crippen LogP contribution in [0.2, 0.25) is 0 Å². The summed E-state index contributed by atoms with van der Waals surface area (Å²) < 4.78 is 6.61. The van der Waals surface area contributed by atoms with Gasteiger partial charge in [-0.15, -0.1) is 12.4 Å². The molecular weight excluding hydrogens is 344 g/mol. The molecule has 0 saturated carbocycles. The predicted molar refractivity (Wildman–Crippen MR) is 87.6 cm³/mol.